The van der Waals surface area contributed by atoms with Gasteiger partial charge < -0.3 is 19.4 Å². The van der Waals surface area contributed by atoms with Gasteiger partial charge in [-0.3, -0.25) is 9.98 Å². The van der Waals surface area contributed by atoms with Crippen LogP contribution in [0.15, 0.2) is 119 Å². The summed E-state index contributed by atoms with van der Waals surface area (Å²) in [5.41, 5.74) is 3.48. The van der Waals surface area contributed by atoms with Crippen LogP contribution in [0, 0.1) is 0 Å². The fraction of sp³-hybridized carbons (Fsp3) is 0.143. The normalized spacial score (nSPS) is 11.0. The zero-order valence-electron chi connectivity index (χ0n) is 23.8. The summed E-state index contributed by atoms with van der Waals surface area (Å²) in [4.78, 5) is 17.8. The summed E-state index contributed by atoms with van der Waals surface area (Å²) in [5, 5.41) is 4.55. The number of nitrogens with zero attached hydrogens (tertiary/aromatic N) is 4. The minimum absolute atomic E-state index is 0. The molecule has 4 aromatic carbocycles. The molecule has 0 amide bonds. The van der Waals surface area contributed by atoms with Crippen LogP contribution in [0.4, 0.5) is 11.4 Å². The molecule has 0 radical (unpaired) electrons. The minimum atomic E-state index is 0. The Morgan fingerprint density at radius 2 is 1.05 bits per heavy atom. The van der Waals surface area contributed by atoms with E-state index in [0.29, 0.717) is 13.2 Å². The van der Waals surface area contributed by atoms with Crippen LogP contribution in [-0.4, -0.2) is 31.0 Å². The maximum Gasteiger partial charge on any atom is 2.00 e. The molecule has 0 atom stereocenters. The number of benzene rings is 4. The Balaban J connectivity index is 0.00000106. The molecule has 2 aromatic heterocycles. The van der Waals surface area contributed by atoms with Gasteiger partial charge >= 0.3 is 20.4 Å². The van der Waals surface area contributed by atoms with Crippen LogP contribution in [-0.2, 0) is 20.4 Å². The average Bonchev–Trinajstić information content (AvgIpc) is 3.76. The maximum atomic E-state index is 6.06. The van der Waals surface area contributed by atoms with Crippen molar-refractivity contribution in [2.75, 3.05) is 18.6 Å². The smallest absolute Gasteiger partial charge is 0.663 e. The number of unbranched alkanes of at least 4 members (excludes halogenated alkanes) is 1. The first-order chi connectivity index (χ1) is 21.2. The van der Waals surface area contributed by atoms with Gasteiger partial charge in [-0.05, 0) is 60.0 Å². The fourth-order valence-electron chi connectivity index (χ4n) is 4.51. The summed E-state index contributed by atoms with van der Waals surface area (Å²) in [6.45, 7) is 1.23. The van der Waals surface area contributed by atoms with E-state index in [0.717, 1.165) is 68.6 Å². The Morgan fingerprint density at radius 1 is 0.591 bits per heavy atom. The molecule has 6 rings (SSSR count). The van der Waals surface area contributed by atoms with Gasteiger partial charge in [0.2, 0.25) is 0 Å². The van der Waals surface area contributed by atoms with Gasteiger partial charge in [-0.25, -0.2) is 0 Å². The van der Waals surface area contributed by atoms with E-state index < -0.39 is 0 Å². The molecule has 0 unspecified atom stereocenters. The molecule has 0 aliphatic carbocycles. The third-order valence-corrected chi connectivity index (χ3v) is 6.56. The fourth-order valence-corrected chi connectivity index (χ4v) is 4.51. The van der Waals surface area contributed by atoms with Crippen molar-refractivity contribution in [3.63, 3.8) is 0 Å². The summed E-state index contributed by atoms with van der Waals surface area (Å²) in [7, 11) is 0. The van der Waals surface area contributed by atoms with Gasteiger partial charge in [-0.1, -0.05) is 60.7 Å². The van der Waals surface area contributed by atoms with E-state index in [9.17, 15) is 0 Å². The van der Waals surface area contributed by atoms with Crippen molar-refractivity contribution in [2.45, 2.75) is 12.8 Å². The van der Waals surface area contributed by atoms with Gasteiger partial charge in [0.05, 0.1) is 29.9 Å². The topological polar surface area (TPSA) is 71.4 Å². The number of hydrogen-bond acceptors (Lipinski definition) is 4. The summed E-state index contributed by atoms with van der Waals surface area (Å²) in [5.74, 6) is 1.67. The van der Waals surface area contributed by atoms with Gasteiger partial charge in [0, 0.05) is 23.2 Å². The van der Waals surface area contributed by atoms with Crippen molar-refractivity contribution >= 4 is 68.6 Å². The minimum Gasteiger partial charge on any atom is -0.663 e. The molecule has 9 heteroatoms. The molecule has 0 saturated carbocycles. The second-order valence-corrected chi connectivity index (χ2v) is 10.3. The molecule has 0 aliphatic rings. The second-order valence-electron chi connectivity index (χ2n) is 9.47. The molecular formula is C35H30Cl2N4O2Pd. The SMILES string of the molecule is C(=Nc1cccc2ccc(OCCCCOc3ccc4cccc(N=Cc5ccc[n-]5)c4c3)cc12)c1ccc[n-]1.ClCCl.[Pd+2]. The van der Waals surface area contributed by atoms with E-state index in [2.05, 4.69) is 56.4 Å². The monoisotopic (exact) mass is 714 g/mol. The molecular weight excluding hydrogens is 686 g/mol. The maximum absolute atomic E-state index is 6.06. The number of halogens is 2. The third kappa shape index (κ3) is 9.32. The van der Waals surface area contributed by atoms with Crippen molar-refractivity contribution in [1.29, 1.82) is 0 Å². The van der Waals surface area contributed by atoms with Crippen LogP contribution in [0.5, 0.6) is 11.5 Å². The zero-order valence-corrected chi connectivity index (χ0v) is 26.8. The van der Waals surface area contributed by atoms with Gasteiger partial charge in [0.25, 0.3) is 0 Å². The molecule has 0 fully saturated rings. The predicted molar refractivity (Wildman–Crippen MR) is 179 cm³/mol. The summed E-state index contributed by atoms with van der Waals surface area (Å²) < 4.78 is 12.1. The largest absolute Gasteiger partial charge is 2.00 e. The van der Waals surface area contributed by atoms with Crippen LogP contribution in [0.3, 0.4) is 0 Å². The van der Waals surface area contributed by atoms with Crippen LogP contribution in [0.25, 0.3) is 21.5 Å². The van der Waals surface area contributed by atoms with E-state index in [1.54, 1.807) is 24.8 Å². The predicted octanol–water partition coefficient (Wildman–Crippen LogP) is 9.07. The summed E-state index contributed by atoms with van der Waals surface area (Å²) in [6, 6.07) is 32.1. The van der Waals surface area contributed by atoms with Crippen molar-refractivity contribution in [3.8, 4) is 11.5 Å². The van der Waals surface area contributed by atoms with E-state index in [1.165, 1.54) is 0 Å². The molecule has 2 heterocycles. The van der Waals surface area contributed by atoms with Crippen molar-refractivity contribution in [2.24, 2.45) is 9.98 Å². The first-order valence-corrected chi connectivity index (χ1v) is 15.0. The molecule has 226 valence electrons. The average molecular weight is 716 g/mol. The first kappa shape index (κ1) is 33.0. The number of fused-ring (bicyclic) bond motifs is 2. The molecule has 0 N–H and O–H groups in total. The molecule has 6 nitrogen and oxygen atoms in total. The summed E-state index contributed by atoms with van der Waals surface area (Å²) >= 11 is 9.53. The quantitative estimate of drug-likeness (QED) is 0.0581. The Morgan fingerprint density at radius 3 is 1.45 bits per heavy atom. The summed E-state index contributed by atoms with van der Waals surface area (Å²) in [6.07, 6.45) is 8.87. The van der Waals surface area contributed by atoms with Gasteiger partial charge in [0.1, 0.15) is 11.5 Å². The first-order valence-electron chi connectivity index (χ1n) is 13.9. The van der Waals surface area contributed by atoms with Gasteiger partial charge in [0.15, 0.2) is 0 Å². The Kier molecular flexibility index (Phi) is 13.1. The van der Waals surface area contributed by atoms with Gasteiger partial charge in [-0.15, -0.1) is 34.6 Å². The van der Waals surface area contributed by atoms with Crippen molar-refractivity contribution in [3.05, 3.63) is 121 Å². The zero-order chi connectivity index (χ0) is 29.7. The van der Waals surface area contributed by atoms with Crippen LogP contribution >= 0.6 is 23.2 Å². The Labute approximate surface area is 280 Å². The van der Waals surface area contributed by atoms with Gasteiger partial charge in [-0.2, -0.15) is 12.4 Å². The molecule has 0 saturated heterocycles. The van der Waals surface area contributed by atoms with Crippen molar-refractivity contribution in [1.82, 2.24) is 9.97 Å². The number of ether oxygens (including phenoxy) is 2. The molecule has 6 aromatic rings. The second kappa shape index (κ2) is 17.4. The third-order valence-electron chi connectivity index (χ3n) is 6.56. The number of rotatable bonds is 11. The standard InChI is InChI=1S/C34H28N4O2.CH2Cl2.Pd/c1(19-39-29-15-13-25-7-3-11-33(31(25)21-29)37-23-27-9-5-17-35-27)2-20-40-30-16-14-26-8-4-12-34(32(26)22-30)38-24-28-10-6-18-36-28;2-1-3;/h3-18,21-24H,1-2,19-20H2;1H2;/q-2;;+2. The number of hydrogen-bond donors (Lipinski definition) is 0. The number of alkyl halides is 2. The van der Waals surface area contributed by atoms with E-state index >= 15 is 0 Å². The van der Waals surface area contributed by atoms with Crippen LogP contribution in [0.2, 0.25) is 0 Å². The Bertz CT molecular complexity index is 1660. The van der Waals surface area contributed by atoms with E-state index in [1.807, 2.05) is 60.7 Å². The molecule has 44 heavy (non-hydrogen) atoms. The van der Waals surface area contributed by atoms with E-state index in [-0.39, 0.29) is 25.8 Å². The van der Waals surface area contributed by atoms with Crippen LogP contribution < -0.4 is 19.4 Å². The number of aliphatic imine (C=N–C) groups is 2. The number of aromatic nitrogens is 2. The Hall–Kier alpha value is -3.86. The van der Waals surface area contributed by atoms with Crippen molar-refractivity contribution < 1.29 is 29.9 Å². The van der Waals surface area contributed by atoms with E-state index in [4.69, 9.17) is 32.7 Å². The molecule has 0 bridgehead atoms. The molecule has 0 aliphatic heterocycles. The van der Waals surface area contributed by atoms with Crippen LogP contribution in [0.1, 0.15) is 24.2 Å². The molecule has 0 spiro atoms.